The van der Waals surface area contributed by atoms with Crippen LogP contribution < -0.4 is 5.32 Å². The van der Waals surface area contributed by atoms with Crippen molar-refractivity contribution in [1.82, 2.24) is 9.97 Å². The Bertz CT molecular complexity index is 377. The third-order valence-electron chi connectivity index (χ3n) is 2.65. The molecule has 16 heavy (non-hydrogen) atoms. The van der Waals surface area contributed by atoms with E-state index in [0.29, 0.717) is 5.92 Å². The van der Waals surface area contributed by atoms with Gasteiger partial charge in [-0.2, -0.15) is 11.8 Å². The number of thioether (sulfide) groups is 1. The lowest BCUT2D eigenvalue weighted by atomic mass is 10.1. The summed E-state index contributed by atoms with van der Waals surface area (Å²) in [6.45, 7) is 7.46. The first-order valence-electron chi connectivity index (χ1n) is 5.93. The van der Waals surface area contributed by atoms with E-state index < -0.39 is 0 Å². The molecule has 0 aliphatic carbocycles. The maximum atomic E-state index is 4.65. The zero-order chi connectivity index (χ0) is 11.5. The van der Waals surface area contributed by atoms with Crippen LogP contribution in [0.15, 0.2) is 0 Å². The average molecular weight is 237 g/mol. The van der Waals surface area contributed by atoms with Crippen molar-refractivity contribution in [3.05, 3.63) is 17.1 Å². The summed E-state index contributed by atoms with van der Waals surface area (Å²) in [6, 6.07) is 0. The van der Waals surface area contributed by atoms with Crippen molar-refractivity contribution in [3.63, 3.8) is 0 Å². The molecule has 1 aliphatic heterocycles. The van der Waals surface area contributed by atoms with Gasteiger partial charge < -0.3 is 5.32 Å². The van der Waals surface area contributed by atoms with Crippen LogP contribution in [-0.4, -0.2) is 16.5 Å². The molecule has 2 rings (SSSR count). The van der Waals surface area contributed by atoms with Gasteiger partial charge in [-0.1, -0.05) is 20.8 Å². The SMILES string of the molecule is CCCNc1nc(C(C)C)nc2c1CSC2. The van der Waals surface area contributed by atoms with Crippen LogP contribution in [0.1, 0.15) is 50.2 Å². The van der Waals surface area contributed by atoms with Gasteiger partial charge in [0.15, 0.2) is 0 Å². The summed E-state index contributed by atoms with van der Waals surface area (Å²) in [7, 11) is 0. The highest BCUT2D eigenvalue weighted by Crippen LogP contribution is 2.33. The van der Waals surface area contributed by atoms with Crippen molar-refractivity contribution in [2.24, 2.45) is 0 Å². The van der Waals surface area contributed by atoms with Crippen LogP contribution in [0.25, 0.3) is 0 Å². The quantitative estimate of drug-likeness (QED) is 0.873. The summed E-state index contributed by atoms with van der Waals surface area (Å²) in [5.74, 6) is 4.54. The lowest BCUT2D eigenvalue weighted by Gasteiger charge is -2.12. The predicted molar refractivity (Wildman–Crippen MR) is 69.9 cm³/mol. The van der Waals surface area contributed by atoms with Gasteiger partial charge in [0.2, 0.25) is 0 Å². The molecule has 0 atom stereocenters. The molecule has 2 heterocycles. The van der Waals surface area contributed by atoms with Crippen LogP contribution in [0.3, 0.4) is 0 Å². The van der Waals surface area contributed by atoms with Gasteiger partial charge in [-0.3, -0.25) is 0 Å². The molecular weight excluding hydrogens is 218 g/mol. The molecule has 0 saturated carbocycles. The molecule has 1 aliphatic rings. The number of hydrogen-bond acceptors (Lipinski definition) is 4. The highest BCUT2D eigenvalue weighted by Gasteiger charge is 2.20. The van der Waals surface area contributed by atoms with E-state index in [9.17, 15) is 0 Å². The van der Waals surface area contributed by atoms with Crippen LogP contribution in [0.5, 0.6) is 0 Å². The lowest BCUT2D eigenvalue weighted by Crippen LogP contribution is -2.10. The van der Waals surface area contributed by atoms with Crippen LogP contribution in [-0.2, 0) is 11.5 Å². The third kappa shape index (κ3) is 2.32. The van der Waals surface area contributed by atoms with E-state index in [-0.39, 0.29) is 0 Å². The Morgan fingerprint density at radius 1 is 1.31 bits per heavy atom. The minimum Gasteiger partial charge on any atom is -0.370 e. The standard InChI is InChI=1S/C12H19N3S/c1-4-5-13-12-9-6-16-7-10(9)14-11(15-12)8(2)3/h8H,4-7H2,1-3H3,(H,13,14,15). The Hall–Kier alpha value is -0.770. The van der Waals surface area contributed by atoms with Gasteiger partial charge in [0.05, 0.1) is 5.69 Å². The Kier molecular flexibility index (Phi) is 3.69. The number of nitrogens with one attached hydrogen (secondary N) is 1. The fraction of sp³-hybridized carbons (Fsp3) is 0.667. The molecule has 0 spiro atoms. The summed E-state index contributed by atoms with van der Waals surface area (Å²) in [5, 5.41) is 3.43. The summed E-state index contributed by atoms with van der Waals surface area (Å²) in [5.41, 5.74) is 2.56. The Morgan fingerprint density at radius 2 is 2.12 bits per heavy atom. The zero-order valence-electron chi connectivity index (χ0n) is 10.2. The minimum absolute atomic E-state index is 0.401. The van der Waals surface area contributed by atoms with E-state index in [1.165, 1.54) is 11.3 Å². The average Bonchev–Trinajstić information content (AvgIpc) is 2.73. The van der Waals surface area contributed by atoms with E-state index in [0.717, 1.165) is 36.1 Å². The largest absolute Gasteiger partial charge is 0.370 e. The molecule has 88 valence electrons. The minimum atomic E-state index is 0.401. The van der Waals surface area contributed by atoms with Gasteiger partial charge in [0.25, 0.3) is 0 Å². The van der Waals surface area contributed by atoms with Gasteiger partial charge in [0, 0.05) is 29.5 Å². The number of nitrogens with zero attached hydrogens (tertiary/aromatic N) is 2. The topological polar surface area (TPSA) is 37.8 Å². The van der Waals surface area contributed by atoms with Gasteiger partial charge in [0.1, 0.15) is 11.6 Å². The summed E-state index contributed by atoms with van der Waals surface area (Å²) >= 11 is 1.93. The smallest absolute Gasteiger partial charge is 0.134 e. The maximum Gasteiger partial charge on any atom is 0.134 e. The van der Waals surface area contributed by atoms with E-state index in [1.54, 1.807) is 0 Å². The molecule has 1 aromatic heterocycles. The number of aromatic nitrogens is 2. The van der Waals surface area contributed by atoms with Crippen molar-refractivity contribution >= 4 is 17.6 Å². The molecule has 1 aromatic rings. The van der Waals surface area contributed by atoms with Crippen LogP contribution in [0.4, 0.5) is 5.82 Å². The summed E-state index contributed by atoms with van der Waals surface area (Å²) in [6.07, 6.45) is 1.13. The first-order valence-corrected chi connectivity index (χ1v) is 7.09. The number of anilines is 1. The molecule has 0 unspecified atom stereocenters. The molecule has 1 N–H and O–H groups in total. The van der Waals surface area contributed by atoms with Crippen molar-refractivity contribution in [3.8, 4) is 0 Å². The second-order valence-electron chi connectivity index (χ2n) is 4.43. The molecule has 3 nitrogen and oxygen atoms in total. The third-order valence-corrected chi connectivity index (χ3v) is 3.62. The van der Waals surface area contributed by atoms with Gasteiger partial charge in [-0.25, -0.2) is 9.97 Å². The van der Waals surface area contributed by atoms with E-state index in [1.807, 2.05) is 11.8 Å². The second kappa shape index (κ2) is 5.04. The first kappa shape index (κ1) is 11.7. The molecule has 0 bridgehead atoms. The molecular formula is C12H19N3S. The zero-order valence-corrected chi connectivity index (χ0v) is 11.0. The number of rotatable bonds is 4. The monoisotopic (exact) mass is 237 g/mol. The molecule has 0 saturated heterocycles. The van der Waals surface area contributed by atoms with Crippen LogP contribution in [0, 0.1) is 0 Å². The van der Waals surface area contributed by atoms with Crippen molar-refractivity contribution in [2.75, 3.05) is 11.9 Å². The Labute approximate surface area is 101 Å². The van der Waals surface area contributed by atoms with Crippen molar-refractivity contribution < 1.29 is 0 Å². The second-order valence-corrected chi connectivity index (χ2v) is 5.42. The van der Waals surface area contributed by atoms with E-state index >= 15 is 0 Å². The van der Waals surface area contributed by atoms with Gasteiger partial charge >= 0.3 is 0 Å². The molecule has 0 amide bonds. The van der Waals surface area contributed by atoms with Crippen molar-refractivity contribution in [1.29, 1.82) is 0 Å². The summed E-state index contributed by atoms with van der Waals surface area (Å²) in [4.78, 5) is 9.30. The predicted octanol–water partition coefficient (Wildman–Crippen LogP) is 3.17. The fourth-order valence-electron chi connectivity index (χ4n) is 1.72. The van der Waals surface area contributed by atoms with E-state index in [4.69, 9.17) is 0 Å². The van der Waals surface area contributed by atoms with Crippen LogP contribution in [0.2, 0.25) is 0 Å². The Morgan fingerprint density at radius 3 is 2.81 bits per heavy atom. The first-order chi connectivity index (χ1) is 7.72. The normalized spacial score (nSPS) is 14.2. The number of fused-ring (bicyclic) bond motifs is 1. The molecule has 0 aromatic carbocycles. The molecule has 4 heteroatoms. The van der Waals surface area contributed by atoms with Gasteiger partial charge in [-0.15, -0.1) is 0 Å². The lowest BCUT2D eigenvalue weighted by molar-refractivity contribution is 0.762. The molecule has 0 radical (unpaired) electrons. The Balaban J connectivity index is 2.33. The highest BCUT2D eigenvalue weighted by atomic mass is 32.2. The highest BCUT2D eigenvalue weighted by molar-refractivity contribution is 7.98. The van der Waals surface area contributed by atoms with E-state index in [2.05, 4.69) is 36.1 Å². The van der Waals surface area contributed by atoms with Crippen LogP contribution >= 0.6 is 11.8 Å². The van der Waals surface area contributed by atoms with Gasteiger partial charge in [-0.05, 0) is 6.42 Å². The molecule has 0 fully saturated rings. The maximum absolute atomic E-state index is 4.65. The van der Waals surface area contributed by atoms with Crippen molar-refractivity contribution in [2.45, 2.75) is 44.6 Å². The fourth-order valence-corrected chi connectivity index (χ4v) is 2.76. The summed E-state index contributed by atoms with van der Waals surface area (Å²) < 4.78 is 0. The number of hydrogen-bond donors (Lipinski definition) is 1.